The van der Waals surface area contributed by atoms with Gasteiger partial charge in [0.25, 0.3) is 0 Å². The number of carbonyl (C=O) groups excluding carboxylic acids is 1. The molecule has 1 aliphatic heterocycles. The molecule has 1 amide bonds. The highest BCUT2D eigenvalue weighted by molar-refractivity contribution is 5.79. The summed E-state index contributed by atoms with van der Waals surface area (Å²) in [7, 11) is 1.77. The number of hydrogen-bond donors (Lipinski definition) is 2. The van der Waals surface area contributed by atoms with Crippen LogP contribution < -0.4 is 5.32 Å². The second-order valence-electron chi connectivity index (χ2n) is 4.56. The minimum atomic E-state index is -0.0863. The van der Waals surface area contributed by atoms with Gasteiger partial charge in [-0.3, -0.25) is 4.79 Å². The first-order chi connectivity index (χ1) is 7.06. The molecule has 0 radical (unpaired) electrons. The molecule has 1 fully saturated rings. The smallest absolute Gasteiger partial charge is 0.227 e. The Morgan fingerprint density at radius 3 is 2.73 bits per heavy atom. The Hall–Kier alpha value is -0.610. The molecule has 1 aliphatic rings. The highest BCUT2D eigenvalue weighted by Gasteiger charge is 2.27. The minimum Gasteiger partial charge on any atom is -0.394 e. The van der Waals surface area contributed by atoms with E-state index in [9.17, 15) is 4.79 Å². The summed E-state index contributed by atoms with van der Waals surface area (Å²) in [6.07, 6.45) is 2.01. The zero-order valence-corrected chi connectivity index (χ0v) is 9.86. The third-order valence-electron chi connectivity index (χ3n) is 3.28. The Morgan fingerprint density at radius 2 is 2.27 bits per heavy atom. The summed E-state index contributed by atoms with van der Waals surface area (Å²) < 4.78 is 0. The van der Waals surface area contributed by atoms with Gasteiger partial charge < -0.3 is 15.3 Å². The fourth-order valence-electron chi connectivity index (χ4n) is 1.84. The van der Waals surface area contributed by atoms with E-state index in [1.807, 2.05) is 6.92 Å². The number of piperidine rings is 1. The molecule has 0 spiro atoms. The van der Waals surface area contributed by atoms with E-state index in [1.165, 1.54) is 0 Å². The van der Waals surface area contributed by atoms with Gasteiger partial charge in [0.15, 0.2) is 0 Å². The van der Waals surface area contributed by atoms with Crippen LogP contribution in [-0.4, -0.2) is 48.2 Å². The van der Waals surface area contributed by atoms with Crippen molar-refractivity contribution in [2.24, 2.45) is 5.92 Å². The van der Waals surface area contributed by atoms with Crippen LogP contribution in [0.5, 0.6) is 0 Å². The maximum absolute atomic E-state index is 12.0. The van der Waals surface area contributed by atoms with Gasteiger partial charge in [-0.05, 0) is 26.7 Å². The standard InChI is InChI=1S/C11H22N2O2/c1-8-4-5-10(6-12-8)11(15)13(3)9(2)7-14/h8-10,12,14H,4-7H2,1-3H3. The average molecular weight is 214 g/mol. The zero-order chi connectivity index (χ0) is 11.4. The molecular formula is C11H22N2O2. The Bertz CT molecular complexity index is 213. The number of carbonyl (C=O) groups is 1. The van der Waals surface area contributed by atoms with Crippen molar-refractivity contribution in [3.8, 4) is 0 Å². The molecule has 4 heteroatoms. The predicted molar refractivity (Wildman–Crippen MR) is 59.5 cm³/mol. The van der Waals surface area contributed by atoms with Gasteiger partial charge in [0, 0.05) is 19.6 Å². The molecule has 3 atom stereocenters. The second-order valence-corrected chi connectivity index (χ2v) is 4.56. The van der Waals surface area contributed by atoms with Crippen LogP contribution in [0.3, 0.4) is 0 Å². The van der Waals surface area contributed by atoms with Crippen molar-refractivity contribution in [3.63, 3.8) is 0 Å². The molecule has 0 aromatic carbocycles. The normalized spacial score (nSPS) is 28.5. The van der Waals surface area contributed by atoms with Crippen molar-refractivity contribution in [1.29, 1.82) is 0 Å². The summed E-state index contributed by atoms with van der Waals surface area (Å²) >= 11 is 0. The van der Waals surface area contributed by atoms with Crippen molar-refractivity contribution in [2.45, 2.75) is 38.8 Å². The second kappa shape index (κ2) is 5.47. The van der Waals surface area contributed by atoms with E-state index in [2.05, 4.69) is 12.2 Å². The first-order valence-corrected chi connectivity index (χ1v) is 5.67. The van der Waals surface area contributed by atoms with Gasteiger partial charge in [-0.1, -0.05) is 0 Å². The zero-order valence-electron chi connectivity index (χ0n) is 9.86. The maximum Gasteiger partial charge on any atom is 0.227 e. The van der Waals surface area contributed by atoms with Gasteiger partial charge in [0.1, 0.15) is 0 Å². The topological polar surface area (TPSA) is 52.6 Å². The van der Waals surface area contributed by atoms with Gasteiger partial charge in [-0.15, -0.1) is 0 Å². The predicted octanol–water partition coefficient (Wildman–Crippen LogP) is 0.214. The number of likely N-dealkylation sites (N-methyl/N-ethyl adjacent to an activating group) is 1. The number of hydrogen-bond acceptors (Lipinski definition) is 3. The molecule has 4 nitrogen and oxygen atoms in total. The van der Waals surface area contributed by atoms with Gasteiger partial charge in [0.2, 0.25) is 5.91 Å². The monoisotopic (exact) mass is 214 g/mol. The Morgan fingerprint density at radius 1 is 1.60 bits per heavy atom. The van der Waals surface area contributed by atoms with E-state index in [4.69, 9.17) is 5.11 Å². The van der Waals surface area contributed by atoms with Crippen LogP contribution in [-0.2, 0) is 4.79 Å². The Labute approximate surface area is 91.6 Å². The number of aliphatic hydroxyl groups is 1. The van der Waals surface area contributed by atoms with E-state index in [0.29, 0.717) is 6.04 Å². The number of aliphatic hydroxyl groups excluding tert-OH is 1. The number of nitrogens with one attached hydrogen (secondary N) is 1. The lowest BCUT2D eigenvalue weighted by Crippen LogP contribution is -2.47. The van der Waals surface area contributed by atoms with E-state index in [-0.39, 0.29) is 24.5 Å². The summed E-state index contributed by atoms with van der Waals surface area (Å²) in [5.41, 5.74) is 0. The van der Waals surface area contributed by atoms with Crippen LogP contribution in [0.4, 0.5) is 0 Å². The molecule has 0 saturated carbocycles. The highest BCUT2D eigenvalue weighted by atomic mass is 16.3. The van der Waals surface area contributed by atoms with E-state index < -0.39 is 0 Å². The van der Waals surface area contributed by atoms with Crippen LogP contribution in [0.15, 0.2) is 0 Å². The first-order valence-electron chi connectivity index (χ1n) is 5.67. The molecule has 3 unspecified atom stereocenters. The Balaban J connectivity index is 2.46. The third kappa shape index (κ3) is 3.18. The molecule has 2 N–H and O–H groups in total. The molecule has 0 aliphatic carbocycles. The summed E-state index contributed by atoms with van der Waals surface area (Å²) in [6, 6.07) is 0.437. The van der Waals surface area contributed by atoms with E-state index in [1.54, 1.807) is 11.9 Å². The molecular weight excluding hydrogens is 192 g/mol. The van der Waals surface area contributed by atoms with Crippen LogP contribution in [0.2, 0.25) is 0 Å². The minimum absolute atomic E-state index is 0.0266. The quantitative estimate of drug-likeness (QED) is 0.706. The highest BCUT2D eigenvalue weighted by Crippen LogP contribution is 2.17. The van der Waals surface area contributed by atoms with Crippen molar-refractivity contribution >= 4 is 5.91 Å². The van der Waals surface area contributed by atoms with Crippen molar-refractivity contribution in [2.75, 3.05) is 20.2 Å². The lowest BCUT2D eigenvalue weighted by molar-refractivity contribution is -0.137. The molecule has 1 heterocycles. The average Bonchev–Trinajstić information content (AvgIpc) is 2.27. The van der Waals surface area contributed by atoms with Gasteiger partial charge >= 0.3 is 0 Å². The molecule has 0 aromatic heterocycles. The SMILES string of the molecule is CC1CCC(C(=O)N(C)C(C)CO)CN1. The molecule has 88 valence electrons. The van der Waals surface area contributed by atoms with Gasteiger partial charge in [0.05, 0.1) is 18.6 Å². The van der Waals surface area contributed by atoms with Crippen molar-refractivity contribution in [3.05, 3.63) is 0 Å². The van der Waals surface area contributed by atoms with E-state index >= 15 is 0 Å². The maximum atomic E-state index is 12.0. The van der Waals surface area contributed by atoms with Gasteiger partial charge in [-0.25, -0.2) is 0 Å². The van der Waals surface area contributed by atoms with Crippen LogP contribution in [0.25, 0.3) is 0 Å². The largest absolute Gasteiger partial charge is 0.394 e. The van der Waals surface area contributed by atoms with E-state index in [0.717, 1.165) is 19.4 Å². The fraction of sp³-hybridized carbons (Fsp3) is 0.909. The summed E-state index contributed by atoms with van der Waals surface area (Å²) in [4.78, 5) is 13.6. The molecule has 1 rings (SSSR count). The number of nitrogens with zero attached hydrogens (tertiary/aromatic N) is 1. The third-order valence-corrected chi connectivity index (χ3v) is 3.28. The van der Waals surface area contributed by atoms with Crippen molar-refractivity contribution < 1.29 is 9.90 Å². The molecule has 15 heavy (non-hydrogen) atoms. The lowest BCUT2D eigenvalue weighted by atomic mass is 9.94. The lowest BCUT2D eigenvalue weighted by Gasteiger charge is -2.32. The van der Waals surface area contributed by atoms with Crippen LogP contribution >= 0.6 is 0 Å². The Kier molecular flexibility index (Phi) is 4.54. The van der Waals surface area contributed by atoms with Crippen LogP contribution in [0, 0.1) is 5.92 Å². The molecule has 0 aromatic rings. The number of rotatable bonds is 3. The first kappa shape index (κ1) is 12.5. The molecule has 0 bridgehead atoms. The van der Waals surface area contributed by atoms with Gasteiger partial charge in [-0.2, -0.15) is 0 Å². The summed E-state index contributed by atoms with van der Waals surface area (Å²) in [6.45, 7) is 4.79. The molecule has 1 saturated heterocycles. The fourth-order valence-corrected chi connectivity index (χ4v) is 1.84. The summed E-state index contributed by atoms with van der Waals surface area (Å²) in [5, 5.41) is 12.3. The number of amides is 1. The summed E-state index contributed by atoms with van der Waals surface area (Å²) in [5.74, 6) is 0.233. The van der Waals surface area contributed by atoms with Crippen molar-refractivity contribution in [1.82, 2.24) is 10.2 Å². The van der Waals surface area contributed by atoms with Crippen LogP contribution in [0.1, 0.15) is 26.7 Å².